The number of imide groups is 1. The number of unbranched alkanes of at least 4 members (excludes halogenated alkanes) is 4. The van der Waals surface area contributed by atoms with Crippen molar-refractivity contribution in [3.8, 4) is 0 Å². The summed E-state index contributed by atoms with van der Waals surface area (Å²) in [4.78, 5) is 24.3. The van der Waals surface area contributed by atoms with Gasteiger partial charge in [-0.1, -0.05) is 58.8 Å². The van der Waals surface area contributed by atoms with Gasteiger partial charge in [-0.3, -0.25) is 14.9 Å². The third-order valence-corrected chi connectivity index (χ3v) is 5.58. The average Bonchev–Trinajstić information content (AvgIpc) is 2.91. The van der Waals surface area contributed by atoms with Gasteiger partial charge >= 0.3 is 0 Å². The number of piperidine rings is 1. The van der Waals surface area contributed by atoms with Gasteiger partial charge in [0.25, 0.3) is 0 Å². The highest BCUT2D eigenvalue weighted by Gasteiger charge is 2.48. The Morgan fingerprint density at radius 1 is 1.10 bits per heavy atom. The lowest BCUT2D eigenvalue weighted by Gasteiger charge is -2.43. The van der Waals surface area contributed by atoms with Crippen LogP contribution < -0.4 is 5.32 Å². The molecule has 2 aliphatic rings. The lowest BCUT2D eigenvalue weighted by Crippen LogP contribution is -2.53. The zero-order valence-corrected chi connectivity index (χ0v) is 13.7. The number of rotatable bonds is 7. The molecule has 0 spiro atoms. The third-order valence-electron chi connectivity index (χ3n) is 5.58. The van der Waals surface area contributed by atoms with Crippen LogP contribution in [-0.2, 0) is 9.59 Å². The summed E-state index contributed by atoms with van der Waals surface area (Å²) in [5, 5.41) is 2.59. The van der Waals surface area contributed by atoms with Crippen LogP contribution in [0, 0.1) is 17.3 Å². The molecule has 2 amide bonds. The number of amides is 2. The van der Waals surface area contributed by atoms with Crippen molar-refractivity contribution in [2.45, 2.75) is 84.5 Å². The molecule has 3 nitrogen and oxygen atoms in total. The molecule has 2 atom stereocenters. The highest BCUT2D eigenvalue weighted by molar-refractivity contribution is 5.99. The van der Waals surface area contributed by atoms with Crippen molar-refractivity contribution in [1.29, 1.82) is 0 Å². The van der Waals surface area contributed by atoms with E-state index in [1.807, 2.05) is 0 Å². The molecule has 0 aromatic carbocycles. The molecule has 0 radical (unpaired) electrons. The monoisotopic (exact) mass is 293 g/mol. The molecule has 0 aromatic rings. The Hall–Kier alpha value is -0.860. The minimum absolute atomic E-state index is 0.00853. The maximum absolute atomic E-state index is 12.4. The Labute approximate surface area is 129 Å². The number of hydrogen-bond acceptors (Lipinski definition) is 2. The standard InChI is InChI=1S/C18H31NO2/c1-3-4-5-6-9-12-18(2)13-15(20)19-17(21)16(18)14-10-7-8-11-14/h14,16H,3-13H2,1-2H3,(H,19,20,21). The van der Waals surface area contributed by atoms with Gasteiger partial charge in [0, 0.05) is 12.3 Å². The Balaban J connectivity index is 1.99. The summed E-state index contributed by atoms with van der Waals surface area (Å²) < 4.78 is 0. The molecule has 1 saturated heterocycles. The maximum atomic E-state index is 12.4. The Morgan fingerprint density at radius 3 is 2.43 bits per heavy atom. The summed E-state index contributed by atoms with van der Waals surface area (Å²) in [5.74, 6) is 0.502. The summed E-state index contributed by atoms with van der Waals surface area (Å²) in [7, 11) is 0. The lowest BCUT2D eigenvalue weighted by atomic mass is 9.63. The van der Waals surface area contributed by atoms with Crippen LogP contribution in [0.3, 0.4) is 0 Å². The van der Waals surface area contributed by atoms with Gasteiger partial charge in [0.2, 0.25) is 11.8 Å². The van der Waals surface area contributed by atoms with Gasteiger partial charge in [-0.15, -0.1) is 0 Å². The molecule has 1 saturated carbocycles. The van der Waals surface area contributed by atoms with E-state index in [0.717, 1.165) is 25.7 Å². The van der Waals surface area contributed by atoms with Gasteiger partial charge in [-0.05, 0) is 30.6 Å². The minimum atomic E-state index is -0.110. The van der Waals surface area contributed by atoms with E-state index in [-0.39, 0.29) is 23.1 Å². The van der Waals surface area contributed by atoms with Gasteiger partial charge in [0.1, 0.15) is 0 Å². The highest BCUT2D eigenvalue weighted by atomic mass is 16.2. The fourth-order valence-electron chi connectivity index (χ4n) is 4.50. The predicted molar refractivity (Wildman–Crippen MR) is 84.7 cm³/mol. The Morgan fingerprint density at radius 2 is 1.76 bits per heavy atom. The highest BCUT2D eigenvalue weighted by Crippen LogP contribution is 2.47. The smallest absolute Gasteiger partial charge is 0.230 e. The van der Waals surface area contributed by atoms with E-state index in [2.05, 4.69) is 19.2 Å². The van der Waals surface area contributed by atoms with E-state index in [4.69, 9.17) is 0 Å². The first-order valence-corrected chi connectivity index (χ1v) is 8.90. The van der Waals surface area contributed by atoms with E-state index >= 15 is 0 Å². The number of carbonyl (C=O) groups excluding carboxylic acids is 2. The van der Waals surface area contributed by atoms with Gasteiger partial charge in [0.15, 0.2) is 0 Å². The second-order valence-corrected chi connectivity index (χ2v) is 7.43. The zero-order chi connectivity index (χ0) is 15.3. The second kappa shape index (κ2) is 7.42. The summed E-state index contributed by atoms with van der Waals surface area (Å²) in [5.41, 5.74) is -0.110. The molecular weight excluding hydrogens is 262 g/mol. The SMILES string of the molecule is CCCCCCCC1(C)CC(=O)NC(=O)C1C1CCCC1. The Kier molecular flexibility index (Phi) is 5.83. The molecule has 2 unspecified atom stereocenters. The fourth-order valence-corrected chi connectivity index (χ4v) is 4.50. The van der Waals surface area contributed by atoms with Gasteiger partial charge < -0.3 is 0 Å². The van der Waals surface area contributed by atoms with Gasteiger partial charge in [-0.25, -0.2) is 0 Å². The Bertz CT molecular complexity index is 373. The molecule has 1 N–H and O–H groups in total. The van der Waals surface area contributed by atoms with Crippen LogP contribution in [0.2, 0.25) is 0 Å². The summed E-state index contributed by atoms with van der Waals surface area (Å²) >= 11 is 0. The van der Waals surface area contributed by atoms with E-state index < -0.39 is 0 Å². The van der Waals surface area contributed by atoms with Gasteiger partial charge in [-0.2, -0.15) is 0 Å². The van der Waals surface area contributed by atoms with Crippen molar-refractivity contribution in [3.63, 3.8) is 0 Å². The molecule has 0 aromatic heterocycles. The summed E-state index contributed by atoms with van der Waals surface area (Å²) in [6.45, 7) is 4.41. The molecule has 1 aliphatic carbocycles. The first-order valence-electron chi connectivity index (χ1n) is 8.90. The topological polar surface area (TPSA) is 46.2 Å². The second-order valence-electron chi connectivity index (χ2n) is 7.43. The van der Waals surface area contributed by atoms with E-state index in [1.165, 1.54) is 38.5 Å². The molecule has 2 fully saturated rings. The minimum Gasteiger partial charge on any atom is -0.296 e. The van der Waals surface area contributed by atoms with Crippen LogP contribution in [0.4, 0.5) is 0 Å². The first kappa shape index (κ1) is 16.5. The number of nitrogens with one attached hydrogen (secondary N) is 1. The van der Waals surface area contributed by atoms with Crippen molar-refractivity contribution in [1.82, 2.24) is 5.32 Å². The van der Waals surface area contributed by atoms with Crippen LogP contribution in [0.5, 0.6) is 0 Å². The van der Waals surface area contributed by atoms with Crippen LogP contribution in [0.25, 0.3) is 0 Å². The molecule has 120 valence electrons. The summed E-state index contributed by atoms with van der Waals surface area (Å²) in [6.07, 6.45) is 12.6. The molecular formula is C18H31NO2. The lowest BCUT2D eigenvalue weighted by molar-refractivity contribution is -0.146. The molecule has 3 heteroatoms. The fraction of sp³-hybridized carbons (Fsp3) is 0.889. The third kappa shape index (κ3) is 4.08. The quantitative estimate of drug-likeness (QED) is 0.564. The molecule has 1 aliphatic heterocycles. The van der Waals surface area contributed by atoms with Gasteiger partial charge in [0.05, 0.1) is 0 Å². The van der Waals surface area contributed by atoms with Crippen molar-refractivity contribution in [2.75, 3.05) is 0 Å². The molecule has 0 bridgehead atoms. The maximum Gasteiger partial charge on any atom is 0.230 e. The average molecular weight is 293 g/mol. The molecule has 2 rings (SSSR count). The predicted octanol–water partition coefficient (Wildman–Crippen LogP) is 4.21. The van der Waals surface area contributed by atoms with E-state index in [9.17, 15) is 9.59 Å². The first-order chi connectivity index (χ1) is 10.1. The van der Waals surface area contributed by atoms with Crippen molar-refractivity contribution < 1.29 is 9.59 Å². The number of carbonyl (C=O) groups is 2. The normalized spacial score (nSPS) is 30.7. The summed E-state index contributed by atoms with van der Waals surface area (Å²) in [6, 6.07) is 0. The van der Waals surface area contributed by atoms with Crippen molar-refractivity contribution in [2.24, 2.45) is 17.3 Å². The molecule has 1 heterocycles. The number of hydrogen-bond donors (Lipinski definition) is 1. The largest absolute Gasteiger partial charge is 0.296 e. The van der Waals surface area contributed by atoms with Crippen LogP contribution >= 0.6 is 0 Å². The van der Waals surface area contributed by atoms with E-state index in [1.54, 1.807) is 0 Å². The van der Waals surface area contributed by atoms with Crippen LogP contribution in [-0.4, -0.2) is 11.8 Å². The molecule has 21 heavy (non-hydrogen) atoms. The van der Waals surface area contributed by atoms with Crippen molar-refractivity contribution in [3.05, 3.63) is 0 Å². The van der Waals surface area contributed by atoms with E-state index in [0.29, 0.717) is 12.3 Å². The van der Waals surface area contributed by atoms with Crippen LogP contribution in [0.1, 0.15) is 84.5 Å². The zero-order valence-electron chi connectivity index (χ0n) is 13.7. The van der Waals surface area contributed by atoms with Crippen LogP contribution in [0.15, 0.2) is 0 Å². The van der Waals surface area contributed by atoms with Crippen molar-refractivity contribution >= 4 is 11.8 Å².